The summed E-state index contributed by atoms with van der Waals surface area (Å²) >= 11 is 0. The maximum absolute atomic E-state index is 15.1. The summed E-state index contributed by atoms with van der Waals surface area (Å²) in [5.41, 5.74) is -0.911. The lowest BCUT2D eigenvalue weighted by Crippen LogP contribution is -2.79. The Hall–Kier alpha value is -4.81. The molecule has 0 radical (unpaired) electrons. The maximum atomic E-state index is 15.1. The number of ether oxygens (including phenoxy) is 3. The molecule has 330 valence electrons. The molecule has 5 fully saturated rings. The number of rotatable bonds is 5. The zero-order valence-corrected chi connectivity index (χ0v) is 35.4. The lowest BCUT2D eigenvalue weighted by molar-refractivity contribution is -0.356. The summed E-state index contributed by atoms with van der Waals surface area (Å²) in [7, 11) is 1.88. The molecule has 3 saturated carbocycles. The molecule has 8 N–H and O–H groups in total. The van der Waals surface area contributed by atoms with Crippen molar-refractivity contribution >= 4 is 38.4 Å². The summed E-state index contributed by atoms with van der Waals surface area (Å²) in [5.74, 6) is 1.88. The number of aliphatic hydroxyl groups is 5. The van der Waals surface area contributed by atoms with E-state index in [0.717, 1.165) is 58.4 Å². The zero-order chi connectivity index (χ0) is 43.7. The monoisotopic (exact) mass is 864 g/mol. The van der Waals surface area contributed by atoms with Gasteiger partial charge in [0.05, 0.1) is 35.4 Å². The number of hydrogen-bond donors (Lipinski definition) is 8. The number of esters is 1. The first-order valence-electron chi connectivity index (χ1n) is 23.1. The predicted molar refractivity (Wildman–Crippen MR) is 235 cm³/mol. The van der Waals surface area contributed by atoms with Crippen molar-refractivity contribution in [2.75, 3.05) is 13.6 Å². The Morgan fingerprint density at radius 3 is 2.59 bits per heavy atom. The number of phenolic OH excluding ortho intramolecular Hbond substituents is 1. The third-order valence-electron chi connectivity index (χ3n) is 18.1. The number of phenols is 1. The van der Waals surface area contributed by atoms with Gasteiger partial charge in [-0.15, -0.1) is 5.92 Å². The smallest absolute Gasteiger partial charge is 0.343 e. The molecule has 14 rings (SSSR count). The molecule has 12 heteroatoms. The molecular weight excluding hydrogens is 813 g/mol. The van der Waals surface area contributed by atoms with Crippen LogP contribution in [-0.2, 0) is 26.3 Å². The third-order valence-corrected chi connectivity index (χ3v) is 18.1. The average molecular weight is 865 g/mol. The van der Waals surface area contributed by atoms with Gasteiger partial charge in [-0.25, -0.2) is 4.79 Å². The lowest BCUT2D eigenvalue weighted by Gasteiger charge is -2.68. The van der Waals surface area contributed by atoms with Crippen molar-refractivity contribution in [3.8, 4) is 23.3 Å². The van der Waals surface area contributed by atoms with Gasteiger partial charge >= 0.3 is 5.97 Å². The minimum atomic E-state index is -2.68. The molecule has 9 aliphatic rings. The van der Waals surface area contributed by atoms with E-state index in [0.29, 0.717) is 30.3 Å². The van der Waals surface area contributed by atoms with Crippen LogP contribution >= 0.6 is 0 Å². The second kappa shape index (κ2) is 13.4. The lowest BCUT2D eigenvalue weighted by atomic mass is 9.40. The average Bonchev–Trinajstić information content (AvgIpc) is 4.01. The molecule has 3 heterocycles. The zero-order valence-electron chi connectivity index (χ0n) is 35.4. The second-order valence-corrected chi connectivity index (χ2v) is 20.2. The summed E-state index contributed by atoms with van der Waals surface area (Å²) in [4.78, 5) is 18.3. The van der Waals surface area contributed by atoms with E-state index >= 15 is 4.79 Å². The highest BCUT2D eigenvalue weighted by Gasteiger charge is 2.83. The van der Waals surface area contributed by atoms with Crippen molar-refractivity contribution in [2.24, 2.45) is 40.9 Å². The van der Waals surface area contributed by atoms with Crippen LogP contribution in [0.25, 0.3) is 32.4 Å². The van der Waals surface area contributed by atoms with Gasteiger partial charge in [0, 0.05) is 41.5 Å². The van der Waals surface area contributed by atoms with Crippen LogP contribution < -0.4 is 10.1 Å². The van der Waals surface area contributed by atoms with E-state index in [1.807, 2.05) is 55.6 Å². The number of hydrogen-bond acceptors (Lipinski definition) is 11. The SMILES string of the molecule is CNC[C@H]1[C@H]2CC#C[C@H]3C[C@@H]4CC[C@H]5CC[C@]([C@@H]1O)([C@H]1O[C@H]6[C@H](C(=O)Oc7c(CO)[nH]c8ccc9cc%10ccccc%10cc9c78)O[C@@]7(O)[C@H](O)C=C[C@H]([C@@H]21)[C@@]67O)[C@]54c1ccc(O)cc13. The van der Waals surface area contributed by atoms with Crippen LogP contribution in [0.1, 0.15) is 61.3 Å². The number of aromatic hydroxyl groups is 1. The van der Waals surface area contributed by atoms with E-state index in [2.05, 4.69) is 34.3 Å². The first kappa shape index (κ1) is 39.5. The summed E-state index contributed by atoms with van der Waals surface area (Å²) in [6, 6.07) is 21.5. The molecule has 2 spiro atoms. The van der Waals surface area contributed by atoms with Crippen molar-refractivity contribution in [3.63, 3.8) is 0 Å². The first-order valence-corrected chi connectivity index (χ1v) is 23.1. The van der Waals surface area contributed by atoms with E-state index in [-0.39, 0.29) is 46.8 Å². The fraction of sp³-hybridized carbons (Fsp3) is 0.481. The van der Waals surface area contributed by atoms with Gasteiger partial charge in [-0.1, -0.05) is 54.5 Å². The van der Waals surface area contributed by atoms with Crippen LogP contribution in [0.4, 0.5) is 0 Å². The molecule has 0 unspecified atom stereocenters. The van der Waals surface area contributed by atoms with Crippen LogP contribution in [0, 0.1) is 52.8 Å². The van der Waals surface area contributed by atoms with Crippen LogP contribution in [-0.4, -0.2) is 97.1 Å². The van der Waals surface area contributed by atoms with Gasteiger partial charge in [0.1, 0.15) is 18.0 Å². The Bertz CT molecular complexity index is 2920. The molecule has 64 heavy (non-hydrogen) atoms. The highest BCUT2D eigenvalue weighted by atomic mass is 16.7. The molecule has 0 amide bonds. The van der Waals surface area contributed by atoms with Crippen LogP contribution in [0.3, 0.4) is 0 Å². The maximum Gasteiger partial charge on any atom is 0.343 e. The van der Waals surface area contributed by atoms with Crippen molar-refractivity contribution < 1.29 is 49.6 Å². The Balaban J connectivity index is 0.996. The predicted octanol–water partition coefficient (Wildman–Crippen LogP) is 4.79. The molecule has 12 nitrogen and oxygen atoms in total. The van der Waals surface area contributed by atoms with Crippen molar-refractivity contribution in [1.82, 2.24) is 10.3 Å². The van der Waals surface area contributed by atoms with Gasteiger partial charge in [0.2, 0.25) is 5.79 Å². The number of aliphatic hydroxyl groups excluding tert-OH is 3. The number of aromatic nitrogens is 1. The summed E-state index contributed by atoms with van der Waals surface area (Å²) in [6.45, 7) is -0.0160. The Morgan fingerprint density at radius 1 is 0.969 bits per heavy atom. The summed E-state index contributed by atoms with van der Waals surface area (Å²) in [6.07, 6.45) is 1.04. The normalized spacial score (nSPS) is 41.9. The van der Waals surface area contributed by atoms with Gasteiger partial charge in [0.25, 0.3) is 0 Å². The van der Waals surface area contributed by atoms with Gasteiger partial charge in [-0.3, -0.25) is 0 Å². The molecule has 2 saturated heterocycles. The number of fused-ring (bicyclic) bond motifs is 7. The highest BCUT2D eigenvalue weighted by Crippen LogP contribution is 2.78. The second-order valence-electron chi connectivity index (χ2n) is 20.2. The Labute approximate surface area is 369 Å². The standard InChI is InChI=1S/C52H52N2O10/c1-53-23-35-32-8-4-7-27-20-30-11-10-29-17-18-49(45(35)58,50(29,30)36-13-12-31(56)22-33(27)36)46-41(32)37-14-16-40(57)52(61)51(37,60)47(63-46)44(64-52)48(59)62-43-39(24-55)54-38-15-9-28-19-25-5-2-3-6-26(25)21-34(28)42(38)43/h2-3,5-6,9,12-16,19,21-22,27,29-30,32,35,37,40-41,44-47,53-58,60-61H,8,10-11,17-18,20,23-24H2,1H3/t27-,29-,30-,32+,35-,37+,40+,41+,44+,45+,46-,47-,49-,50+,51+,52-/m0/s1. The number of aromatic amines is 1. The first-order chi connectivity index (χ1) is 31.0. The molecule has 1 aromatic heterocycles. The van der Waals surface area contributed by atoms with Crippen LogP contribution in [0.15, 0.2) is 78.9 Å². The number of H-pyrrole nitrogens is 1. The molecule has 4 bridgehead atoms. The number of carbonyl (C=O) groups is 1. The fourth-order valence-corrected chi connectivity index (χ4v) is 15.9. The molecule has 5 aromatic rings. The quantitative estimate of drug-likeness (QED) is 0.0525. The van der Waals surface area contributed by atoms with E-state index in [4.69, 9.17) is 14.2 Å². The van der Waals surface area contributed by atoms with Gasteiger partial charge in [-0.2, -0.15) is 0 Å². The molecule has 4 aromatic carbocycles. The highest BCUT2D eigenvalue weighted by molar-refractivity contribution is 6.14. The summed E-state index contributed by atoms with van der Waals surface area (Å²) < 4.78 is 20.2. The van der Waals surface area contributed by atoms with E-state index < -0.39 is 77.1 Å². The third kappa shape index (κ3) is 4.60. The molecule has 16 atom stereocenters. The van der Waals surface area contributed by atoms with E-state index in [9.17, 15) is 30.6 Å². The molecule has 2 aliphatic heterocycles. The minimum Gasteiger partial charge on any atom is -0.508 e. The molecule has 7 aliphatic carbocycles. The Morgan fingerprint density at radius 2 is 1.78 bits per heavy atom. The number of nitrogens with one attached hydrogen (secondary N) is 2. The fourth-order valence-electron chi connectivity index (χ4n) is 15.9. The molecular formula is C52H52N2O10. The van der Waals surface area contributed by atoms with Crippen LogP contribution in [0.2, 0.25) is 0 Å². The van der Waals surface area contributed by atoms with E-state index in [1.54, 1.807) is 12.1 Å². The topological polar surface area (TPSA) is 194 Å². The van der Waals surface area contributed by atoms with Gasteiger partial charge < -0.3 is 55.2 Å². The van der Waals surface area contributed by atoms with E-state index in [1.165, 1.54) is 6.08 Å². The van der Waals surface area contributed by atoms with Crippen LogP contribution in [0.5, 0.6) is 11.5 Å². The van der Waals surface area contributed by atoms with Crippen molar-refractivity contribution in [1.29, 1.82) is 0 Å². The summed E-state index contributed by atoms with van der Waals surface area (Å²) in [5, 5.41) is 80.6. The van der Waals surface area contributed by atoms with Gasteiger partial charge in [0.15, 0.2) is 17.5 Å². The van der Waals surface area contributed by atoms with Gasteiger partial charge in [-0.05, 0) is 126 Å². The number of benzene rings is 4. The van der Waals surface area contributed by atoms with Crippen molar-refractivity contribution in [2.45, 2.75) is 98.4 Å². The van der Waals surface area contributed by atoms with Crippen molar-refractivity contribution in [3.05, 3.63) is 95.7 Å². The Kier molecular flexibility index (Phi) is 8.28. The number of carbonyl (C=O) groups excluding carboxylic acids is 1. The largest absolute Gasteiger partial charge is 0.508 e. The minimum absolute atomic E-state index is 0.0872.